The molecule has 0 aromatic heterocycles. The minimum absolute atomic E-state index is 0.0295. The van der Waals surface area contributed by atoms with E-state index >= 15 is 0 Å². The number of aliphatic hydroxyl groups excluding tert-OH is 1. The van der Waals surface area contributed by atoms with Crippen molar-refractivity contribution in [2.45, 2.75) is 34.1 Å². The average Bonchev–Trinajstić information content (AvgIpc) is 2.36. The highest BCUT2D eigenvalue weighted by atomic mass is 32.2. The fourth-order valence-electron chi connectivity index (χ4n) is 1.61. The Hall–Kier alpha value is -1.51. The van der Waals surface area contributed by atoms with Crippen molar-refractivity contribution in [2.24, 2.45) is 5.41 Å². The Bertz CT molecular complexity index is 646. The zero-order valence-electron chi connectivity index (χ0n) is 13.0. The Morgan fingerprint density at radius 2 is 1.95 bits per heavy atom. The highest BCUT2D eigenvalue weighted by molar-refractivity contribution is 7.92. The molecule has 0 saturated heterocycles. The topological polar surface area (TPSA) is 66.4 Å². The summed E-state index contributed by atoms with van der Waals surface area (Å²) in [7, 11) is -3.38. The van der Waals surface area contributed by atoms with E-state index < -0.39 is 10.0 Å². The largest absolute Gasteiger partial charge is 0.384 e. The first kappa shape index (κ1) is 17.5. The van der Waals surface area contributed by atoms with E-state index in [9.17, 15) is 8.42 Å². The van der Waals surface area contributed by atoms with E-state index in [-0.39, 0.29) is 17.8 Å². The molecule has 0 fully saturated rings. The maximum atomic E-state index is 12.1. The first-order valence-electron chi connectivity index (χ1n) is 6.84. The second-order valence-corrected chi connectivity index (χ2v) is 8.06. The molecule has 0 bridgehead atoms. The van der Waals surface area contributed by atoms with Crippen molar-refractivity contribution in [3.05, 3.63) is 29.3 Å². The number of hydrogen-bond donors (Lipinski definition) is 2. The van der Waals surface area contributed by atoms with Gasteiger partial charge in [0.1, 0.15) is 6.61 Å². The molecular weight excluding hydrogens is 286 g/mol. The van der Waals surface area contributed by atoms with Crippen LogP contribution in [0.1, 0.15) is 38.3 Å². The summed E-state index contributed by atoms with van der Waals surface area (Å²) in [6.45, 7) is 7.65. The number of sulfonamides is 1. The van der Waals surface area contributed by atoms with Crippen LogP contribution < -0.4 is 4.72 Å². The third-order valence-corrected chi connectivity index (χ3v) is 4.21. The van der Waals surface area contributed by atoms with Gasteiger partial charge in [-0.15, -0.1) is 0 Å². The quantitative estimate of drug-likeness (QED) is 0.840. The van der Waals surface area contributed by atoms with Gasteiger partial charge in [0.05, 0.1) is 11.4 Å². The first-order chi connectivity index (χ1) is 9.63. The van der Waals surface area contributed by atoms with E-state index in [4.69, 9.17) is 5.11 Å². The molecule has 0 spiro atoms. The van der Waals surface area contributed by atoms with Crippen LogP contribution in [0.5, 0.6) is 0 Å². The second-order valence-electron chi connectivity index (χ2n) is 6.22. The summed E-state index contributed by atoms with van der Waals surface area (Å²) in [6.07, 6.45) is 0.589. The fraction of sp³-hybridized carbons (Fsp3) is 0.500. The van der Waals surface area contributed by atoms with Crippen LogP contribution in [0.25, 0.3) is 0 Å². The number of nitrogens with one attached hydrogen (secondary N) is 1. The van der Waals surface area contributed by atoms with E-state index in [1.807, 2.05) is 33.8 Å². The van der Waals surface area contributed by atoms with E-state index in [1.165, 1.54) is 0 Å². The predicted octanol–water partition coefficient (Wildman–Crippen LogP) is 2.52. The smallest absolute Gasteiger partial charge is 0.232 e. The number of hydrogen-bond acceptors (Lipinski definition) is 3. The van der Waals surface area contributed by atoms with Crippen molar-refractivity contribution in [3.8, 4) is 11.8 Å². The number of rotatable bonds is 4. The van der Waals surface area contributed by atoms with Crippen molar-refractivity contribution < 1.29 is 13.5 Å². The van der Waals surface area contributed by atoms with Crippen molar-refractivity contribution in [3.63, 3.8) is 0 Å². The molecule has 1 aromatic carbocycles. The fourth-order valence-corrected chi connectivity index (χ4v) is 3.15. The van der Waals surface area contributed by atoms with E-state index in [0.717, 1.165) is 5.56 Å². The Kier molecular flexibility index (Phi) is 5.82. The van der Waals surface area contributed by atoms with Crippen LogP contribution in [-0.4, -0.2) is 25.9 Å². The normalized spacial score (nSPS) is 11.7. The lowest BCUT2D eigenvalue weighted by molar-refractivity contribution is 0.350. The van der Waals surface area contributed by atoms with Gasteiger partial charge in [-0.25, -0.2) is 8.42 Å². The predicted molar refractivity (Wildman–Crippen MR) is 86.6 cm³/mol. The zero-order valence-corrected chi connectivity index (χ0v) is 13.8. The van der Waals surface area contributed by atoms with Gasteiger partial charge in [0.25, 0.3) is 0 Å². The number of aliphatic hydroxyl groups is 1. The molecule has 0 radical (unpaired) electrons. The molecular formula is C16H23NO3S. The maximum absolute atomic E-state index is 12.1. The molecule has 2 N–H and O–H groups in total. The van der Waals surface area contributed by atoms with Gasteiger partial charge in [-0.05, 0) is 36.5 Å². The summed E-state index contributed by atoms with van der Waals surface area (Å²) in [5, 5.41) is 8.70. The molecule has 1 rings (SSSR count). The number of anilines is 1. The molecule has 5 heteroatoms. The van der Waals surface area contributed by atoms with Crippen LogP contribution >= 0.6 is 0 Å². The van der Waals surface area contributed by atoms with Gasteiger partial charge in [0, 0.05) is 5.56 Å². The average molecular weight is 309 g/mol. The minimum atomic E-state index is -3.38. The molecule has 0 heterocycles. The van der Waals surface area contributed by atoms with Crippen molar-refractivity contribution >= 4 is 15.7 Å². The zero-order chi connectivity index (χ0) is 16.1. The highest BCUT2D eigenvalue weighted by Gasteiger charge is 2.18. The molecule has 116 valence electrons. The standard InChI is InChI=1S/C16H23NO3S/c1-13-7-8-14(6-5-10-18)12-15(13)17-21(19,20)11-9-16(2,3)4/h7-8,12,17-18H,9-11H2,1-4H3. The molecule has 1 aromatic rings. The van der Waals surface area contributed by atoms with Gasteiger partial charge in [0.15, 0.2) is 0 Å². The Morgan fingerprint density at radius 1 is 1.29 bits per heavy atom. The van der Waals surface area contributed by atoms with Crippen LogP contribution in [-0.2, 0) is 10.0 Å². The third-order valence-electron chi connectivity index (χ3n) is 2.94. The van der Waals surface area contributed by atoms with Gasteiger partial charge in [-0.3, -0.25) is 4.72 Å². The van der Waals surface area contributed by atoms with Crippen molar-refractivity contribution in [2.75, 3.05) is 17.1 Å². The summed E-state index contributed by atoms with van der Waals surface area (Å²) in [6, 6.07) is 5.29. The van der Waals surface area contributed by atoms with E-state index in [2.05, 4.69) is 16.6 Å². The van der Waals surface area contributed by atoms with Crippen LogP contribution in [0.4, 0.5) is 5.69 Å². The lowest BCUT2D eigenvalue weighted by atomic mass is 9.94. The van der Waals surface area contributed by atoms with Gasteiger partial charge in [-0.2, -0.15) is 0 Å². The molecule has 0 saturated carbocycles. The summed E-state index contributed by atoms with van der Waals surface area (Å²) in [5.41, 5.74) is 2.01. The molecule has 0 aliphatic heterocycles. The monoisotopic (exact) mass is 309 g/mol. The van der Waals surface area contributed by atoms with Crippen LogP contribution in [0.2, 0.25) is 0 Å². The van der Waals surface area contributed by atoms with Gasteiger partial charge >= 0.3 is 0 Å². The van der Waals surface area contributed by atoms with Crippen LogP contribution in [0.3, 0.4) is 0 Å². The SMILES string of the molecule is Cc1ccc(C#CCO)cc1NS(=O)(=O)CCC(C)(C)C. The van der Waals surface area contributed by atoms with Crippen LogP contribution in [0.15, 0.2) is 18.2 Å². The molecule has 0 aliphatic rings. The van der Waals surface area contributed by atoms with Gasteiger partial charge < -0.3 is 5.11 Å². The molecule has 0 atom stereocenters. The van der Waals surface area contributed by atoms with E-state index in [0.29, 0.717) is 17.7 Å². The number of aryl methyl sites for hydroxylation is 1. The van der Waals surface area contributed by atoms with Crippen molar-refractivity contribution in [1.82, 2.24) is 0 Å². The minimum Gasteiger partial charge on any atom is -0.384 e. The first-order valence-corrected chi connectivity index (χ1v) is 8.49. The Balaban J connectivity index is 2.91. The Labute approximate surface area is 127 Å². The molecule has 21 heavy (non-hydrogen) atoms. The molecule has 0 aliphatic carbocycles. The molecule has 4 nitrogen and oxygen atoms in total. The van der Waals surface area contributed by atoms with Gasteiger partial charge in [-0.1, -0.05) is 38.7 Å². The molecule has 0 amide bonds. The summed E-state index contributed by atoms with van der Waals surface area (Å²) in [4.78, 5) is 0. The third kappa shape index (κ3) is 6.65. The lowest BCUT2D eigenvalue weighted by Gasteiger charge is -2.18. The summed E-state index contributed by atoms with van der Waals surface area (Å²) < 4.78 is 26.9. The van der Waals surface area contributed by atoms with Crippen LogP contribution in [0, 0.1) is 24.2 Å². The molecule has 0 unspecified atom stereocenters. The maximum Gasteiger partial charge on any atom is 0.232 e. The van der Waals surface area contributed by atoms with Gasteiger partial charge in [0.2, 0.25) is 10.0 Å². The van der Waals surface area contributed by atoms with E-state index in [1.54, 1.807) is 12.1 Å². The van der Waals surface area contributed by atoms with Crippen molar-refractivity contribution in [1.29, 1.82) is 0 Å². The lowest BCUT2D eigenvalue weighted by Crippen LogP contribution is -2.21. The summed E-state index contributed by atoms with van der Waals surface area (Å²) >= 11 is 0. The Morgan fingerprint density at radius 3 is 2.52 bits per heavy atom. The highest BCUT2D eigenvalue weighted by Crippen LogP contribution is 2.22. The summed E-state index contributed by atoms with van der Waals surface area (Å²) in [5.74, 6) is 5.40. The second kappa shape index (κ2) is 6.97. The number of benzene rings is 1.